The highest BCUT2D eigenvalue weighted by Crippen LogP contribution is 2.03. The lowest BCUT2D eigenvalue weighted by Crippen LogP contribution is -2.10. The summed E-state index contributed by atoms with van der Waals surface area (Å²) < 4.78 is 0. The second kappa shape index (κ2) is 11.0. The van der Waals surface area contributed by atoms with Gasteiger partial charge in [0.1, 0.15) is 0 Å². The summed E-state index contributed by atoms with van der Waals surface area (Å²) in [5, 5.41) is 0. The van der Waals surface area contributed by atoms with E-state index < -0.39 is 0 Å². The van der Waals surface area contributed by atoms with Crippen LogP contribution in [0.3, 0.4) is 0 Å². The number of hydrogen-bond donors (Lipinski definition) is 0. The Labute approximate surface area is 90.9 Å². The molecule has 1 heterocycles. The molecule has 1 saturated heterocycles. The van der Waals surface area contributed by atoms with Gasteiger partial charge in [0.25, 0.3) is 0 Å². The van der Waals surface area contributed by atoms with Crippen LogP contribution in [0.1, 0.15) is 65.2 Å². The van der Waals surface area contributed by atoms with Crippen molar-refractivity contribution in [1.29, 1.82) is 0 Å². The maximum absolute atomic E-state index is 2.36. The molecule has 1 nitrogen and oxygen atoms in total. The topological polar surface area (TPSA) is 3.24 Å². The Kier molecular flexibility index (Phi) is 11.0. The molecule has 14 heavy (non-hydrogen) atoms. The maximum Gasteiger partial charge on any atom is -0.00213 e. The lowest BCUT2D eigenvalue weighted by atomic mass is 10.1. The fourth-order valence-corrected chi connectivity index (χ4v) is 1.73. The van der Waals surface area contributed by atoms with Gasteiger partial charge in [0.05, 0.1) is 0 Å². The van der Waals surface area contributed by atoms with Gasteiger partial charge in [-0.15, -0.1) is 0 Å². The molecular formula is C13H29N. The number of likely N-dealkylation sites (tertiary alicyclic amines) is 1. The predicted octanol–water partition coefficient (Wildman–Crippen LogP) is 4.08. The van der Waals surface area contributed by atoms with Gasteiger partial charge >= 0.3 is 0 Å². The van der Waals surface area contributed by atoms with Gasteiger partial charge in [-0.05, 0) is 33.0 Å². The average Bonchev–Trinajstić information content (AvgIpc) is 2.65. The molecule has 0 spiro atoms. The fraction of sp³-hybridized carbons (Fsp3) is 1.00. The monoisotopic (exact) mass is 199 g/mol. The van der Waals surface area contributed by atoms with E-state index in [2.05, 4.69) is 25.8 Å². The van der Waals surface area contributed by atoms with Gasteiger partial charge < -0.3 is 4.90 Å². The van der Waals surface area contributed by atoms with Gasteiger partial charge in [-0.1, -0.05) is 52.4 Å². The summed E-state index contributed by atoms with van der Waals surface area (Å²) in [7, 11) is 2.17. The molecule has 0 bridgehead atoms. The van der Waals surface area contributed by atoms with Crippen molar-refractivity contribution in [2.24, 2.45) is 0 Å². The Morgan fingerprint density at radius 2 is 1.21 bits per heavy atom. The highest BCUT2D eigenvalue weighted by molar-refractivity contribution is 4.59. The highest BCUT2D eigenvalue weighted by atomic mass is 15.1. The van der Waals surface area contributed by atoms with Crippen LogP contribution in [0.15, 0.2) is 0 Å². The molecule has 1 rings (SSSR count). The molecule has 1 fully saturated rings. The maximum atomic E-state index is 2.36. The number of nitrogens with zero attached hydrogens (tertiary/aromatic N) is 1. The van der Waals surface area contributed by atoms with Crippen LogP contribution in [0.25, 0.3) is 0 Å². The minimum atomic E-state index is 1.32. The molecule has 0 aromatic rings. The van der Waals surface area contributed by atoms with Crippen LogP contribution >= 0.6 is 0 Å². The predicted molar refractivity (Wildman–Crippen MR) is 65.8 cm³/mol. The van der Waals surface area contributed by atoms with E-state index in [0.29, 0.717) is 0 Å². The van der Waals surface area contributed by atoms with E-state index in [1.54, 1.807) is 0 Å². The van der Waals surface area contributed by atoms with Crippen molar-refractivity contribution >= 4 is 0 Å². The quantitative estimate of drug-likeness (QED) is 0.603. The van der Waals surface area contributed by atoms with Crippen LogP contribution in [-0.4, -0.2) is 25.0 Å². The van der Waals surface area contributed by atoms with E-state index in [-0.39, 0.29) is 0 Å². The van der Waals surface area contributed by atoms with Crippen molar-refractivity contribution in [3.8, 4) is 0 Å². The van der Waals surface area contributed by atoms with Crippen molar-refractivity contribution < 1.29 is 0 Å². The fourth-order valence-electron chi connectivity index (χ4n) is 1.73. The van der Waals surface area contributed by atoms with Crippen molar-refractivity contribution in [3.05, 3.63) is 0 Å². The lowest BCUT2D eigenvalue weighted by Gasteiger charge is -2.01. The molecular weight excluding hydrogens is 170 g/mol. The average molecular weight is 199 g/mol. The molecule has 0 aromatic carbocycles. The van der Waals surface area contributed by atoms with Crippen molar-refractivity contribution in [2.75, 3.05) is 20.1 Å². The molecule has 0 aliphatic carbocycles. The van der Waals surface area contributed by atoms with Crippen LogP contribution in [0.2, 0.25) is 0 Å². The number of unbranched alkanes of at least 4 members (excludes halogenated alkanes) is 5. The number of rotatable bonds is 5. The smallest absolute Gasteiger partial charge is 0.00213 e. The SMILES string of the molecule is CCCCCCCC.CN1CCCC1. The van der Waals surface area contributed by atoms with Crippen molar-refractivity contribution in [1.82, 2.24) is 4.90 Å². The van der Waals surface area contributed by atoms with Crippen LogP contribution in [0, 0.1) is 0 Å². The number of hydrogen-bond acceptors (Lipinski definition) is 1. The molecule has 0 amide bonds. The van der Waals surface area contributed by atoms with Gasteiger partial charge in [0.2, 0.25) is 0 Å². The molecule has 0 N–H and O–H groups in total. The van der Waals surface area contributed by atoms with Crippen LogP contribution < -0.4 is 0 Å². The van der Waals surface area contributed by atoms with Gasteiger partial charge in [-0.25, -0.2) is 0 Å². The van der Waals surface area contributed by atoms with Gasteiger partial charge in [0.15, 0.2) is 0 Å². The van der Waals surface area contributed by atoms with E-state index >= 15 is 0 Å². The van der Waals surface area contributed by atoms with E-state index in [1.807, 2.05) is 0 Å². The second-order valence-electron chi connectivity index (χ2n) is 4.42. The molecule has 0 atom stereocenters. The molecule has 0 saturated carbocycles. The minimum absolute atomic E-state index is 1.32. The standard InChI is InChI=1S/C8H18.C5H11N/c1-3-5-7-8-6-4-2;1-6-4-2-3-5-6/h3-8H2,1-2H3;2-5H2,1H3. The molecule has 0 aromatic heterocycles. The normalized spacial score (nSPS) is 16.5. The zero-order valence-corrected chi connectivity index (χ0v) is 10.5. The second-order valence-corrected chi connectivity index (χ2v) is 4.42. The van der Waals surface area contributed by atoms with Gasteiger partial charge in [-0.2, -0.15) is 0 Å². The van der Waals surface area contributed by atoms with E-state index in [1.165, 1.54) is 64.5 Å². The molecule has 0 unspecified atom stereocenters. The molecule has 86 valence electrons. The third-order valence-electron chi connectivity index (χ3n) is 2.79. The largest absolute Gasteiger partial charge is 0.306 e. The van der Waals surface area contributed by atoms with Crippen molar-refractivity contribution in [3.63, 3.8) is 0 Å². The third-order valence-corrected chi connectivity index (χ3v) is 2.79. The first kappa shape index (κ1) is 14.0. The first-order valence-corrected chi connectivity index (χ1v) is 6.49. The van der Waals surface area contributed by atoms with Crippen LogP contribution in [-0.2, 0) is 0 Å². The summed E-state index contributed by atoms with van der Waals surface area (Å²) in [6, 6.07) is 0. The third kappa shape index (κ3) is 10.0. The summed E-state index contributed by atoms with van der Waals surface area (Å²) in [5.41, 5.74) is 0. The Balaban J connectivity index is 0.000000249. The van der Waals surface area contributed by atoms with E-state index in [4.69, 9.17) is 0 Å². The summed E-state index contributed by atoms with van der Waals surface area (Å²) in [6.45, 7) is 7.15. The highest BCUT2D eigenvalue weighted by Gasteiger charge is 2.03. The molecule has 1 aliphatic rings. The molecule has 1 aliphatic heterocycles. The Morgan fingerprint density at radius 3 is 1.43 bits per heavy atom. The zero-order chi connectivity index (χ0) is 10.6. The Bertz CT molecular complexity index is 89.4. The first-order chi connectivity index (χ1) is 6.81. The Morgan fingerprint density at radius 1 is 0.786 bits per heavy atom. The summed E-state index contributed by atoms with van der Waals surface area (Å²) >= 11 is 0. The summed E-state index contributed by atoms with van der Waals surface area (Å²) in [4.78, 5) is 2.36. The summed E-state index contributed by atoms with van der Waals surface area (Å²) in [5.74, 6) is 0. The minimum Gasteiger partial charge on any atom is -0.306 e. The summed E-state index contributed by atoms with van der Waals surface area (Å²) in [6.07, 6.45) is 11.3. The Hall–Kier alpha value is -0.0400. The van der Waals surface area contributed by atoms with Gasteiger partial charge in [-0.3, -0.25) is 0 Å². The lowest BCUT2D eigenvalue weighted by molar-refractivity contribution is 0.418. The van der Waals surface area contributed by atoms with Crippen molar-refractivity contribution in [2.45, 2.75) is 65.2 Å². The van der Waals surface area contributed by atoms with Gasteiger partial charge in [0, 0.05) is 0 Å². The zero-order valence-electron chi connectivity index (χ0n) is 10.5. The van der Waals surface area contributed by atoms with E-state index in [9.17, 15) is 0 Å². The van der Waals surface area contributed by atoms with E-state index in [0.717, 1.165) is 0 Å². The molecule has 0 radical (unpaired) electrons. The first-order valence-electron chi connectivity index (χ1n) is 6.49. The van der Waals surface area contributed by atoms with Crippen LogP contribution in [0.4, 0.5) is 0 Å². The van der Waals surface area contributed by atoms with Crippen LogP contribution in [0.5, 0.6) is 0 Å². The molecule has 1 heteroatoms.